The monoisotopic (exact) mass is 268 g/mol. The number of aromatic nitrogens is 3. The van der Waals surface area contributed by atoms with Gasteiger partial charge in [0.25, 0.3) is 5.69 Å². The van der Waals surface area contributed by atoms with Crippen molar-refractivity contribution in [1.82, 2.24) is 15.2 Å². The first kappa shape index (κ1) is 12.2. The molecule has 0 spiro atoms. The molecule has 1 aromatic heterocycles. The zero-order valence-corrected chi connectivity index (χ0v) is 10.0. The molecular weight excluding hydrogens is 260 g/mol. The fourth-order valence-corrected chi connectivity index (χ4v) is 2.65. The van der Waals surface area contributed by atoms with Crippen LogP contribution < -0.4 is 0 Å². The maximum atomic E-state index is 12.1. The maximum Gasteiger partial charge on any atom is 0.288 e. The molecular formula is C9H8N4O4S. The molecule has 0 aliphatic heterocycles. The van der Waals surface area contributed by atoms with E-state index in [0.29, 0.717) is 5.56 Å². The first-order valence-electron chi connectivity index (χ1n) is 4.78. The highest BCUT2D eigenvalue weighted by Crippen LogP contribution is 2.28. The van der Waals surface area contributed by atoms with Crippen molar-refractivity contribution < 1.29 is 13.3 Å². The summed E-state index contributed by atoms with van der Waals surface area (Å²) in [7, 11) is -4.06. The lowest BCUT2D eigenvalue weighted by Crippen LogP contribution is -2.07. The van der Waals surface area contributed by atoms with Crippen molar-refractivity contribution in [2.45, 2.75) is 17.0 Å². The predicted molar refractivity (Wildman–Crippen MR) is 59.7 cm³/mol. The van der Waals surface area contributed by atoms with Gasteiger partial charge in [-0.05, 0) is 18.6 Å². The number of nitro benzene ring substituents is 1. The quantitative estimate of drug-likeness (QED) is 0.651. The van der Waals surface area contributed by atoms with Gasteiger partial charge < -0.3 is 0 Å². The highest BCUT2D eigenvalue weighted by atomic mass is 32.2. The molecule has 1 aromatic carbocycles. The number of nitrogens with one attached hydrogen (secondary N) is 1. The Labute approximate surface area is 102 Å². The third-order valence-electron chi connectivity index (χ3n) is 2.25. The first-order valence-corrected chi connectivity index (χ1v) is 6.27. The number of aromatic amines is 1. The summed E-state index contributed by atoms with van der Waals surface area (Å²) >= 11 is 0. The van der Waals surface area contributed by atoms with Crippen LogP contribution in [0.4, 0.5) is 5.69 Å². The van der Waals surface area contributed by atoms with Crippen molar-refractivity contribution in [1.29, 1.82) is 0 Å². The van der Waals surface area contributed by atoms with Gasteiger partial charge in [-0.15, -0.1) is 0 Å². The molecule has 18 heavy (non-hydrogen) atoms. The van der Waals surface area contributed by atoms with Gasteiger partial charge in [0, 0.05) is 6.07 Å². The zero-order valence-electron chi connectivity index (χ0n) is 9.19. The standard InChI is InChI=1S/C9H8N4O4S/c1-6-2-3-8(7(4-6)13(14)15)18(16,17)9-10-5-11-12-9/h2-5H,1H3,(H,10,11,12). The third kappa shape index (κ3) is 1.95. The highest BCUT2D eigenvalue weighted by molar-refractivity contribution is 7.91. The molecule has 8 nitrogen and oxygen atoms in total. The topological polar surface area (TPSA) is 119 Å². The van der Waals surface area contributed by atoms with Crippen molar-refractivity contribution in [3.8, 4) is 0 Å². The zero-order chi connectivity index (χ0) is 13.3. The first-order chi connectivity index (χ1) is 8.43. The second-order valence-corrected chi connectivity index (χ2v) is 5.36. The van der Waals surface area contributed by atoms with Crippen LogP contribution in [-0.4, -0.2) is 28.5 Å². The molecule has 2 rings (SSSR count). The second-order valence-electron chi connectivity index (χ2n) is 3.52. The van der Waals surface area contributed by atoms with Gasteiger partial charge >= 0.3 is 0 Å². The summed E-state index contributed by atoms with van der Waals surface area (Å²) in [6.45, 7) is 1.64. The molecule has 9 heteroatoms. The molecule has 0 aliphatic carbocycles. The van der Waals surface area contributed by atoms with Gasteiger partial charge in [-0.25, -0.2) is 18.5 Å². The van der Waals surface area contributed by atoms with Gasteiger partial charge in [-0.2, -0.15) is 5.10 Å². The maximum absolute atomic E-state index is 12.1. The Kier molecular flexibility index (Phi) is 2.83. The number of hydrogen-bond acceptors (Lipinski definition) is 6. The van der Waals surface area contributed by atoms with Gasteiger partial charge in [-0.3, -0.25) is 10.1 Å². The molecule has 0 unspecified atom stereocenters. The van der Waals surface area contributed by atoms with Crippen LogP contribution in [0, 0.1) is 17.0 Å². The minimum Gasteiger partial charge on any atom is -0.258 e. The Balaban J connectivity index is 2.69. The molecule has 0 aliphatic rings. The van der Waals surface area contributed by atoms with E-state index >= 15 is 0 Å². The summed E-state index contributed by atoms with van der Waals surface area (Å²) < 4.78 is 24.2. The molecule has 0 saturated carbocycles. The van der Waals surface area contributed by atoms with E-state index in [1.54, 1.807) is 6.92 Å². The highest BCUT2D eigenvalue weighted by Gasteiger charge is 2.29. The smallest absolute Gasteiger partial charge is 0.258 e. The lowest BCUT2D eigenvalue weighted by atomic mass is 10.2. The number of aryl methyl sites for hydroxylation is 1. The van der Waals surface area contributed by atoms with Crippen LogP contribution >= 0.6 is 0 Å². The van der Waals surface area contributed by atoms with Gasteiger partial charge in [0.1, 0.15) is 6.33 Å². The number of nitro groups is 1. The molecule has 1 N–H and O–H groups in total. The average molecular weight is 268 g/mol. The largest absolute Gasteiger partial charge is 0.288 e. The number of benzene rings is 1. The van der Waals surface area contributed by atoms with Gasteiger partial charge in [-0.1, -0.05) is 6.07 Å². The third-order valence-corrected chi connectivity index (χ3v) is 3.88. The summed E-state index contributed by atoms with van der Waals surface area (Å²) in [6.07, 6.45) is 1.02. The molecule has 0 radical (unpaired) electrons. The van der Waals surface area contributed by atoms with E-state index in [4.69, 9.17) is 0 Å². The Morgan fingerprint density at radius 3 is 2.67 bits per heavy atom. The summed E-state index contributed by atoms with van der Waals surface area (Å²) in [5.74, 6) is 0. The van der Waals surface area contributed by atoms with Crippen LogP contribution in [0.2, 0.25) is 0 Å². The van der Waals surface area contributed by atoms with Crippen molar-refractivity contribution in [3.05, 3.63) is 40.2 Å². The van der Waals surface area contributed by atoms with Crippen molar-refractivity contribution in [3.63, 3.8) is 0 Å². The molecule has 0 fully saturated rings. The van der Waals surface area contributed by atoms with E-state index < -0.39 is 30.5 Å². The predicted octanol–water partition coefficient (Wildman–Crippen LogP) is 0.854. The number of H-pyrrole nitrogens is 1. The van der Waals surface area contributed by atoms with Crippen LogP contribution in [0.15, 0.2) is 34.6 Å². The van der Waals surface area contributed by atoms with E-state index in [2.05, 4.69) is 15.2 Å². The van der Waals surface area contributed by atoms with Crippen LogP contribution in [0.5, 0.6) is 0 Å². The Hall–Kier alpha value is -2.29. The van der Waals surface area contributed by atoms with Crippen molar-refractivity contribution in [2.24, 2.45) is 0 Å². The summed E-state index contributed by atoms with van der Waals surface area (Å²) in [6, 6.07) is 3.87. The van der Waals surface area contributed by atoms with E-state index in [0.717, 1.165) is 6.33 Å². The van der Waals surface area contributed by atoms with Gasteiger partial charge in [0.05, 0.1) is 4.92 Å². The van der Waals surface area contributed by atoms with Gasteiger partial charge in [0.15, 0.2) is 4.90 Å². The minimum absolute atomic E-state index is 0.408. The van der Waals surface area contributed by atoms with Crippen LogP contribution in [0.1, 0.15) is 5.56 Å². The SMILES string of the molecule is Cc1ccc(S(=O)(=O)c2ncn[nH]2)c([N+](=O)[O-])c1. The summed E-state index contributed by atoms with van der Waals surface area (Å²) in [4.78, 5) is 13.2. The summed E-state index contributed by atoms with van der Waals surface area (Å²) in [5.41, 5.74) is 0.115. The normalized spacial score (nSPS) is 11.4. The fourth-order valence-electron chi connectivity index (χ4n) is 1.43. The van der Waals surface area contributed by atoms with E-state index in [1.807, 2.05) is 0 Å². The average Bonchev–Trinajstić information content (AvgIpc) is 2.82. The summed E-state index contributed by atoms with van der Waals surface area (Å²) in [5, 5.41) is 16.1. The molecule has 0 atom stereocenters. The molecule has 0 saturated heterocycles. The van der Waals surface area contributed by atoms with E-state index in [-0.39, 0.29) is 0 Å². The van der Waals surface area contributed by atoms with Crippen molar-refractivity contribution >= 4 is 15.5 Å². The van der Waals surface area contributed by atoms with Crippen LogP contribution in [0.3, 0.4) is 0 Å². The fraction of sp³-hybridized carbons (Fsp3) is 0.111. The molecule has 94 valence electrons. The Morgan fingerprint density at radius 1 is 1.39 bits per heavy atom. The Morgan fingerprint density at radius 2 is 2.11 bits per heavy atom. The second kappa shape index (κ2) is 4.18. The number of nitrogens with zero attached hydrogens (tertiary/aromatic N) is 3. The van der Waals surface area contributed by atoms with E-state index in [1.165, 1.54) is 18.2 Å². The molecule has 1 heterocycles. The van der Waals surface area contributed by atoms with Crippen LogP contribution in [-0.2, 0) is 9.84 Å². The van der Waals surface area contributed by atoms with Crippen molar-refractivity contribution in [2.75, 3.05) is 0 Å². The molecule has 2 aromatic rings. The van der Waals surface area contributed by atoms with Crippen LogP contribution in [0.25, 0.3) is 0 Å². The lowest BCUT2D eigenvalue weighted by molar-refractivity contribution is -0.387. The van der Waals surface area contributed by atoms with Gasteiger partial charge in [0.2, 0.25) is 15.0 Å². The molecule has 0 amide bonds. The lowest BCUT2D eigenvalue weighted by Gasteiger charge is -2.03. The minimum atomic E-state index is -4.06. The molecule has 0 bridgehead atoms. The number of hydrogen-bond donors (Lipinski definition) is 1. The van der Waals surface area contributed by atoms with E-state index in [9.17, 15) is 18.5 Å². The number of sulfone groups is 1. The Bertz CT molecular complexity index is 693. The number of rotatable bonds is 3.